The highest BCUT2D eigenvalue weighted by atomic mass is 35.5. The zero-order chi connectivity index (χ0) is 16.1. The number of methoxy groups -OCH3 is 1. The summed E-state index contributed by atoms with van der Waals surface area (Å²) in [5.74, 6) is 2.43. The van der Waals surface area contributed by atoms with Crippen LogP contribution in [-0.4, -0.2) is 30.2 Å². The summed E-state index contributed by atoms with van der Waals surface area (Å²) in [6.07, 6.45) is 6.63. The van der Waals surface area contributed by atoms with Gasteiger partial charge in [0, 0.05) is 24.2 Å². The van der Waals surface area contributed by atoms with Gasteiger partial charge in [-0.2, -0.15) is 0 Å². The lowest BCUT2D eigenvalue weighted by atomic mass is 10.2. The third kappa shape index (κ3) is 4.05. The van der Waals surface area contributed by atoms with Gasteiger partial charge in [0.2, 0.25) is 0 Å². The standard InChI is InChI=1S/C17H21ClN4O/c1-23-15-7-6-13(18)10-14(15)21-16-11-17(20-12-19-16)22-8-4-2-3-5-9-22/h6-7,10-12H,2-5,8-9H2,1H3,(H,19,20,21). The molecular formula is C17H21ClN4O. The molecule has 0 unspecified atom stereocenters. The molecule has 6 heteroatoms. The van der Waals surface area contributed by atoms with Gasteiger partial charge in [0.15, 0.2) is 0 Å². The third-order valence-electron chi connectivity index (χ3n) is 4.01. The van der Waals surface area contributed by atoms with Crippen molar-refractivity contribution < 1.29 is 4.74 Å². The van der Waals surface area contributed by atoms with E-state index in [-0.39, 0.29) is 0 Å². The van der Waals surface area contributed by atoms with Crippen LogP contribution < -0.4 is 15.0 Å². The first-order chi connectivity index (χ1) is 11.3. The number of anilines is 3. The van der Waals surface area contributed by atoms with Crippen LogP contribution in [0.4, 0.5) is 17.3 Å². The van der Waals surface area contributed by atoms with E-state index in [0.717, 1.165) is 36.2 Å². The molecule has 0 aliphatic carbocycles. The van der Waals surface area contributed by atoms with E-state index in [1.54, 1.807) is 19.5 Å². The Labute approximate surface area is 141 Å². The Morgan fingerprint density at radius 1 is 1.09 bits per heavy atom. The minimum absolute atomic E-state index is 0.648. The summed E-state index contributed by atoms with van der Waals surface area (Å²) in [5.41, 5.74) is 0.792. The van der Waals surface area contributed by atoms with Crippen LogP contribution >= 0.6 is 11.6 Å². The van der Waals surface area contributed by atoms with Crippen LogP contribution in [0, 0.1) is 0 Å². The fourth-order valence-electron chi connectivity index (χ4n) is 2.80. The highest BCUT2D eigenvalue weighted by molar-refractivity contribution is 6.31. The smallest absolute Gasteiger partial charge is 0.142 e. The highest BCUT2D eigenvalue weighted by Gasteiger charge is 2.12. The fourth-order valence-corrected chi connectivity index (χ4v) is 2.98. The van der Waals surface area contributed by atoms with Crippen molar-refractivity contribution >= 4 is 28.9 Å². The molecule has 3 rings (SSSR count). The van der Waals surface area contributed by atoms with E-state index in [9.17, 15) is 0 Å². The van der Waals surface area contributed by atoms with E-state index in [4.69, 9.17) is 16.3 Å². The normalized spacial score (nSPS) is 15.1. The Bertz CT molecular complexity index is 657. The summed E-state index contributed by atoms with van der Waals surface area (Å²) in [6.45, 7) is 2.11. The summed E-state index contributed by atoms with van der Waals surface area (Å²) >= 11 is 6.07. The fraction of sp³-hybridized carbons (Fsp3) is 0.412. The number of halogens is 1. The van der Waals surface area contributed by atoms with Gasteiger partial charge in [-0.05, 0) is 31.0 Å². The summed E-state index contributed by atoms with van der Waals surface area (Å²) < 4.78 is 5.36. The molecule has 0 radical (unpaired) electrons. The molecule has 0 atom stereocenters. The summed E-state index contributed by atoms with van der Waals surface area (Å²) in [4.78, 5) is 11.1. The predicted molar refractivity (Wildman–Crippen MR) is 94.0 cm³/mol. The molecule has 0 bridgehead atoms. The molecule has 122 valence electrons. The number of ether oxygens (including phenoxy) is 1. The van der Waals surface area contributed by atoms with E-state index < -0.39 is 0 Å². The Balaban J connectivity index is 1.81. The van der Waals surface area contributed by atoms with Gasteiger partial charge in [-0.1, -0.05) is 24.4 Å². The van der Waals surface area contributed by atoms with Crippen molar-refractivity contribution in [2.24, 2.45) is 0 Å². The number of hydrogen-bond donors (Lipinski definition) is 1. The zero-order valence-corrected chi connectivity index (χ0v) is 14.0. The second-order valence-corrected chi connectivity index (χ2v) is 6.07. The van der Waals surface area contributed by atoms with Crippen LogP contribution in [0.1, 0.15) is 25.7 Å². The van der Waals surface area contributed by atoms with Crippen molar-refractivity contribution in [2.45, 2.75) is 25.7 Å². The maximum Gasteiger partial charge on any atom is 0.142 e. The van der Waals surface area contributed by atoms with Crippen molar-refractivity contribution in [1.29, 1.82) is 0 Å². The molecule has 1 fully saturated rings. The van der Waals surface area contributed by atoms with E-state index in [1.807, 2.05) is 18.2 Å². The average molecular weight is 333 g/mol. The van der Waals surface area contributed by atoms with E-state index in [0.29, 0.717) is 5.02 Å². The highest BCUT2D eigenvalue weighted by Crippen LogP contribution is 2.30. The number of benzene rings is 1. The summed E-state index contributed by atoms with van der Waals surface area (Å²) in [7, 11) is 1.64. The predicted octanol–water partition coefficient (Wildman–Crippen LogP) is 4.26. The molecule has 0 spiro atoms. The van der Waals surface area contributed by atoms with E-state index in [1.165, 1.54) is 25.7 Å². The largest absolute Gasteiger partial charge is 0.495 e. The lowest BCUT2D eigenvalue weighted by Crippen LogP contribution is -2.25. The van der Waals surface area contributed by atoms with Gasteiger partial charge in [0.1, 0.15) is 23.7 Å². The van der Waals surface area contributed by atoms with Crippen LogP contribution in [0.2, 0.25) is 5.02 Å². The Morgan fingerprint density at radius 3 is 2.61 bits per heavy atom. The van der Waals surface area contributed by atoms with E-state index in [2.05, 4.69) is 20.2 Å². The van der Waals surface area contributed by atoms with Gasteiger partial charge in [0.05, 0.1) is 12.8 Å². The molecule has 0 saturated carbocycles. The maximum absolute atomic E-state index is 6.07. The van der Waals surface area contributed by atoms with Gasteiger partial charge in [-0.3, -0.25) is 0 Å². The molecule has 1 aliphatic rings. The Kier molecular flexibility index (Phi) is 5.18. The molecule has 23 heavy (non-hydrogen) atoms. The molecule has 2 aromatic rings. The van der Waals surface area contributed by atoms with Crippen molar-refractivity contribution in [3.8, 4) is 5.75 Å². The van der Waals surface area contributed by atoms with Gasteiger partial charge >= 0.3 is 0 Å². The van der Waals surface area contributed by atoms with Gasteiger partial charge in [-0.15, -0.1) is 0 Å². The second-order valence-electron chi connectivity index (χ2n) is 5.63. The van der Waals surface area contributed by atoms with Crippen molar-refractivity contribution in [2.75, 3.05) is 30.4 Å². The molecule has 1 aromatic heterocycles. The minimum atomic E-state index is 0.648. The van der Waals surface area contributed by atoms with Crippen molar-refractivity contribution in [3.05, 3.63) is 35.6 Å². The van der Waals surface area contributed by atoms with Gasteiger partial charge < -0.3 is 15.0 Å². The number of nitrogens with one attached hydrogen (secondary N) is 1. The SMILES string of the molecule is COc1ccc(Cl)cc1Nc1cc(N2CCCCCC2)ncn1. The number of rotatable bonds is 4. The molecule has 1 N–H and O–H groups in total. The lowest BCUT2D eigenvalue weighted by Gasteiger charge is -2.21. The third-order valence-corrected chi connectivity index (χ3v) is 4.24. The molecule has 0 amide bonds. The summed E-state index contributed by atoms with van der Waals surface area (Å²) in [6, 6.07) is 7.44. The Hall–Kier alpha value is -2.01. The maximum atomic E-state index is 6.07. The number of nitrogens with zero attached hydrogens (tertiary/aromatic N) is 3. The zero-order valence-electron chi connectivity index (χ0n) is 13.3. The second kappa shape index (κ2) is 7.51. The van der Waals surface area contributed by atoms with Crippen LogP contribution in [0.15, 0.2) is 30.6 Å². The molecule has 5 nitrogen and oxygen atoms in total. The first-order valence-corrected chi connectivity index (χ1v) is 8.31. The van der Waals surface area contributed by atoms with Crippen LogP contribution in [0.25, 0.3) is 0 Å². The monoisotopic (exact) mass is 332 g/mol. The number of hydrogen-bond acceptors (Lipinski definition) is 5. The van der Waals surface area contributed by atoms with Crippen molar-refractivity contribution in [1.82, 2.24) is 9.97 Å². The Morgan fingerprint density at radius 2 is 1.87 bits per heavy atom. The van der Waals surface area contributed by atoms with Crippen LogP contribution in [0.5, 0.6) is 5.75 Å². The minimum Gasteiger partial charge on any atom is -0.495 e. The molecule has 1 aromatic carbocycles. The molecule has 2 heterocycles. The topological polar surface area (TPSA) is 50.3 Å². The first kappa shape index (κ1) is 15.9. The first-order valence-electron chi connectivity index (χ1n) is 7.94. The molecule has 1 saturated heterocycles. The van der Waals surface area contributed by atoms with Gasteiger partial charge in [-0.25, -0.2) is 9.97 Å². The van der Waals surface area contributed by atoms with E-state index >= 15 is 0 Å². The summed E-state index contributed by atoms with van der Waals surface area (Å²) in [5, 5.41) is 3.92. The van der Waals surface area contributed by atoms with Gasteiger partial charge in [0.25, 0.3) is 0 Å². The molecular weight excluding hydrogens is 312 g/mol. The molecule has 1 aliphatic heterocycles. The van der Waals surface area contributed by atoms with Crippen molar-refractivity contribution in [3.63, 3.8) is 0 Å². The quantitative estimate of drug-likeness (QED) is 0.906. The lowest BCUT2D eigenvalue weighted by molar-refractivity contribution is 0.417. The number of aromatic nitrogens is 2. The average Bonchev–Trinajstić information content (AvgIpc) is 2.85. The van der Waals surface area contributed by atoms with Crippen LogP contribution in [-0.2, 0) is 0 Å². The van der Waals surface area contributed by atoms with Crippen LogP contribution in [0.3, 0.4) is 0 Å².